The summed E-state index contributed by atoms with van der Waals surface area (Å²) in [6.07, 6.45) is -4.61. The molecule has 1 amide bonds. The molecular formula is C25H33N3O7S. The third-order valence-electron chi connectivity index (χ3n) is 6.70. The molecule has 0 radical (unpaired) electrons. The standard InChI is InChI=1S/C25H33N3O7S/c1-17-7-9-18(10-8-17)36(32,33)26-16-22-25(31)24(30)21(35-22)15-23(29)28-13-11-27(12-14-28)19-5-3-4-6-20(19)34-2/h3-10,21-22,24-26,30-31H,11-16H2,1-2H3/t21-,22+,24-,25+/m0/s1. The number of hydrogen-bond acceptors (Lipinski definition) is 8. The SMILES string of the molecule is COc1ccccc1N1CCN(C(=O)C[C@@H]2O[C@H](CNS(=O)(=O)c3ccc(C)cc3)[C@@H](O)[C@H]2O)CC1. The summed E-state index contributed by atoms with van der Waals surface area (Å²) in [5, 5.41) is 20.9. The van der Waals surface area contributed by atoms with Gasteiger partial charge in [-0.2, -0.15) is 0 Å². The first-order valence-corrected chi connectivity index (χ1v) is 13.4. The first-order chi connectivity index (χ1) is 17.2. The van der Waals surface area contributed by atoms with Crippen LogP contribution in [-0.4, -0.2) is 93.7 Å². The normalized spacial score (nSPS) is 24.7. The number of aliphatic hydroxyl groups excluding tert-OH is 2. The number of methoxy groups -OCH3 is 1. The second-order valence-corrected chi connectivity index (χ2v) is 10.9. The van der Waals surface area contributed by atoms with Crippen molar-refractivity contribution >= 4 is 21.6 Å². The molecule has 196 valence electrons. The Hall–Kier alpha value is -2.70. The Labute approximate surface area is 211 Å². The summed E-state index contributed by atoms with van der Waals surface area (Å²) in [4.78, 5) is 16.9. The van der Waals surface area contributed by atoms with Crippen LogP contribution in [0.1, 0.15) is 12.0 Å². The first-order valence-electron chi connectivity index (χ1n) is 11.9. The van der Waals surface area contributed by atoms with E-state index in [1.165, 1.54) is 12.1 Å². The maximum Gasteiger partial charge on any atom is 0.240 e. The van der Waals surface area contributed by atoms with Gasteiger partial charge < -0.3 is 29.5 Å². The van der Waals surface area contributed by atoms with Gasteiger partial charge >= 0.3 is 0 Å². The fourth-order valence-corrected chi connectivity index (χ4v) is 5.59. The summed E-state index contributed by atoms with van der Waals surface area (Å²) in [6, 6.07) is 14.1. The highest BCUT2D eigenvalue weighted by atomic mass is 32.2. The number of carbonyl (C=O) groups is 1. The summed E-state index contributed by atoms with van der Waals surface area (Å²) < 4.78 is 38.6. The molecule has 3 N–H and O–H groups in total. The van der Waals surface area contributed by atoms with Gasteiger partial charge in [-0.25, -0.2) is 13.1 Å². The van der Waals surface area contributed by atoms with Crippen molar-refractivity contribution in [1.29, 1.82) is 0 Å². The van der Waals surface area contributed by atoms with Crippen LogP contribution >= 0.6 is 0 Å². The van der Waals surface area contributed by atoms with E-state index in [1.54, 1.807) is 24.1 Å². The molecule has 0 saturated carbocycles. The highest BCUT2D eigenvalue weighted by Crippen LogP contribution is 2.29. The molecule has 36 heavy (non-hydrogen) atoms. The zero-order chi connectivity index (χ0) is 25.9. The van der Waals surface area contributed by atoms with Gasteiger partial charge in [0.2, 0.25) is 15.9 Å². The van der Waals surface area contributed by atoms with Crippen molar-refractivity contribution in [2.24, 2.45) is 0 Å². The van der Waals surface area contributed by atoms with Crippen LogP contribution in [0.25, 0.3) is 0 Å². The van der Waals surface area contributed by atoms with Gasteiger partial charge in [0.05, 0.1) is 30.2 Å². The molecular weight excluding hydrogens is 486 g/mol. The van der Waals surface area contributed by atoms with Crippen LogP contribution in [0, 0.1) is 6.92 Å². The number of ether oxygens (including phenoxy) is 2. The van der Waals surface area contributed by atoms with Crippen molar-refractivity contribution in [2.45, 2.75) is 42.7 Å². The van der Waals surface area contributed by atoms with Crippen LogP contribution in [0.2, 0.25) is 0 Å². The monoisotopic (exact) mass is 519 g/mol. The molecule has 2 aromatic carbocycles. The van der Waals surface area contributed by atoms with Crippen LogP contribution < -0.4 is 14.4 Å². The molecule has 0 spiro atoms. The third kappa shape index (κ3) is 5.81. The fourth-order valence-electron chi connectivity index (χ4n) is 4.54. The Balaban J connectivity index is 1.29. The summed E-state index contributed by atoms with van der Waals surface area (Å²) in [6.45, 7) is 3.90. The molecule has 0 aromatic heterocycles. The molecule has 2 heterocycles. The number of aliphatic hydroxyl groups is 2. The quantitative estimate of drug-likeness (QED) is 0.460. The number of aryl methyl sites for hydroxylation is 1. The minimum atomic E-state index is -3.81. The Kier molecular flexibility index (Phi) is 8.16. The number of para-hydroxylation sites is 2. The number of hydrogen-bond donors (Lipinski definition) is 3. The Morgan fingerprint density at radius 1 is 1.03 bits per heavy atom. The molecule has 2 aromatic rings. The number of anilines is 1. The fraction of sp³-hybridized carbons (Fsp3) is 0.480. The Morgan fingerprint density at radius 3 is 2.33 bits per heavy atom. The summed E-state index contributed by atoms with van der Waals surface area (Å²) in [7, 11) is -2.18. The van der Waals surface area contributed by atoms with E-state index in [1.807, 2.05) is 31.2 Å². The highest BCUT2D eigenvalue weighted by molar-refractivity contribution is 7.89. The second-order valence-electron chi connectivity index (χ2n) is 9.10. The lowest BCUT2D eigenvalue weighted by Gasteiger charge is -2.37. The van der Waals surface area contributed by atoms with Crippen molar-refractivity contribution in [3.63, 3.8) is 0 Å². The van der Waals surface area contributed by atoms with Crippen LogP contribution in [0.15, 0.2) is 53.4 Å². The minimum absolute atomic E-state index is 0.0973. The second kappa shape index (κ2) is 11.1. The summed E-state index contributed by atoms with van der Waals surface area (Å²) >= 11 is 0. The topological polar surface area (TPSA) is 129 Å². The molecule has 4 atom stereocenters. The van der Waals surface area contributed by atoms with Crippen molar-refractivity contribution in [1.82, 2.24) is 9.62 Å². The van der Waals surface area contributed by atoms with E-state index in [0.29, 0.717) is 26.2 Å². The summed E-state index contributed by atoms with van der Waals surface area (Å²) in [5.74, 6) is 0.588. The molecule has 2 saturated heterocycles. The third-order valence-corrected chi connectivity index (χ3v) is 8.14. The molecule has 0 unspecified atom stereocenters. The van der Waals surface area contributed by atoms with Crippen LogP contribution in [0.4, 0.5) is 5.69 Å². The van der Waals surface area contributed by atoms with E-state index < -0.39 is 34.4 Å². The van der Waals surface area contributed by atoms with Crippen molar-refractivity contribution < 1.29 is 32.9 Å². The molecule has 2 fully saturated rings. The number of benzene rings is 2. The maximum atomic E-state index is 12.9. The number of nitrogens with zero attached hydrogens (tertiary/aromatic N) is 2. The number of carbonyl (C=O) groups excluding carboxylic acids is 1. The average molecular weight is 520 g/mol. The molecule has 0 aliphatic carbocycles. The zero-order valence-electron chi connectivity index (χ0n) is 20.4. The van der Waals surface area contributed by atoms with Crippen molar-refractivity contribution in [2.75, 3.05) is 44.7 Å². The number of piperazine rings is 1. The van der Waals surface area contributed by atoms with Gasteiger partial charge in [-0.3, -0.25) is 4.79 Å². The van der Waals surface area contributed by atoms with Gasteiger partial charge in [0.15, 0.2) is 0 Å². The molecule has 2 aliphatic rings. The Morgan fingerprint density at radius 2 is 1.67 bits per heavy atom. The van der Waals surface area contributed by atoms with Crippen LogP contribution in [0.3, 0.4) is 0 Å². The van der Waals surface area contributed by atoms with Gasteiger partial charge in [0.25, 0.3) is 0 Å². The number of rotatable bonds is 8. The Bertz CT molecular complexity index is 1150. The lowest BCUT2D eigenvalue weighted by atomic mass is 10.0. The lowest BCUT2D eigenvalue weighted by molar-refractivity contribution is -0.135. The molecule has 4 rings (SSSR count). The molecule has 10 nitrogen and oxygen atoms in total. The number of sulfonamides is 1. The van der Waals surface area contributed by atoms with Crippen LogP contribution in [-0.2, 0) is 19.6 Å². The average Bonchev–Trinajstić information content (AvgIpc) is 3.15. The van der Waals surface area contributed by atoms with Gasteiger partial charge in [0, 0.05) is 32.7 Å². The van der Waals surface area contributed by atoms with Crippen molar-refractivity contribution in [3.8, 4) is 5.75 Å². The molecule has 0 bridgehead atoms. The number of amides is 1. The van der Waals surface area contributed by atoms with Gasteiger partial charge in [-0.1, -0.05) is 29.8 Å². The largest absolute Gasteiger partial charge is 0.495 e. The van der Waals surface area contributed by atoms with E-state index in [9.17, 15) is 23.4 Å². The maximum absolute atomic E-state index is 12.9. The summed E-state index contributed by atoms with van der Waals surface area (Å²) in [5.41, 5.74) is 1.90. The molecule has 2 aliphatic heterocycles. The van der Waals surface area contributed by atoms with Crippen LogP contribution in [0.5, 0.6) is 5.75 Å². The lowest BCUT2D eigenvalue weighted by Crippen LogP contribution is -2.50. The van der Waals surface area contributed by atoms with Gasteiger partial charge in [-0.05, 0) is 31.2 Å². The predicted octanol–water partition coefficient (Wildman–Crippen LogP) is 0.510. The zero-order valence-corrected chi connectivity index (χ0v) is 21.2. The smallest absolute Gasteiger partial charge is 0.240 e. The van der Waals surface area contributed by atoms with E-state index in [-0.39, 0.29) is 23.8 Å². The minimum Gasteiger partial charge on any atom is -0.495 e. The van der Waals surface area contributed by atoms with E-state index in [2.05, 4.69) is 9.62 Å². The van der Waals surface area contributed by atoms with E-state index in [4.69, 9.17) is 9.47 Å². The van der Waals surface area contributed by atoms with E-state index in [0.717, 1.165) is 17.0 Å². The van der Waals surface area contributed by atoms with Gasteiger partial charge in [-0.15, -0.1) is 0 Å². The number of nitrogens with one attached hydrogen (secondary N) is 1. The first kappa shape index (κ1) is 26.4. The van der Waals surface area contributed by atoms with Gasteiger partial charge in [0.1, 0.15) is 24.1 Å². The highest BCUT2D eigenvalue weighted by Gasteiger charge is 2.44. The predicted molar refractivity (Wildman–Crippen MR) is 133 cm³/mol. The van der Waals surface area contributed by atoms with E-state index >= 15 is 0 Å². The molecule has 11 heteroatoms. The van der Waals surface area contributed by atoms with Crippen molar-refractivity contribution in [3.05, 3.63) is 54.1 Å².